The molecule has 0 saturated heterocycles. The first-order valence-electron chi connectivity index (χ1n) is 26.1. The molecule has 65 heavy (non-hydrogen) atoms. The van der Waals surface area contributed by atoms with E-state index in [1.54, 1.807) is 0 Å². The Morgan fingerprint density at radius 1 is 0.338 bits per heavy atom. The van der Waals surface area contributed by atoms with E-state index in [1.165, 1.54) is 38.5 Å². The quantitative estimate of drug-likeness (QED) is 0.0199. The van der Waals surface area contributed by atoms with Crippen molar-refractivity contribution in [2.24, 2.45) is 0 Å². The molecule has 0 heterocycles. The van der Waals surface area contributed by atoms with Gasteiger partial charge >= 0.3 is 17.9 Å². The van der Waals surface area contributed by atoms with Crippen LogP contribution in [0.15, 0.2) is 122 Å². The number of carbonyl (C=O) groups excluding carboxylic acids is 3. The smallest absolute Gasteiger partial charge is 0.306 e. The predicted octanol–water partition coefficient (Wildman–Crippen LogP) is 17.3. The normalized spacial score (nSPS) is 13.1. The molecular formula is C59H94O6. The second-order valence-electron chi connectivity index (χ2n) is 16.8. The molecule has 6 nitrogen and oxygen atoms in total. The lowest BCUT2D eigenvalue weighted by Crippen LogP contribution is -2.30. The van der Waals surface area contributed by atoms with Crippen molar-refractivity contribution in [3.05, 3.63) is 122 Å². The number of carbonyl (C=O) groups is 3. The van der Waals surface area contributed by atoms with E-state index in [4.69, 9.17) is 14.2 Å². The summed E-state index contributed by atoms with van der Waals surface area (Å²) in [6, 6.07) is 0. The van der Waals surface area contributed by atoms with Crippen molar-refractivity contribution < 1.29 is 28.6 Å². The van der Waals surface area contributed by atoms with E-state index < -0.39 is 6.10 Å². The molecule has 0 aromatic heterocycles. The fourth-order valence-corrected chi connectivity index (χ4v) is 6.65. The summed E-state index contributed by atoms with van der Waals surface area (Å²) in [4.78, 5) is 38.0. The summed E-state index contributed by atoms with van der Waals surface area (Å²) in [7, 11) is 0. The van der Waals surface area contributed by atoms with Crippen LogP contribution in [0.3, 0.4) is 0 Å². The molecule has 0 aromatic carbocycles. The average Bonchev–Trinajstić information content (AvgIpc) is 3.30. The van der Waals surface area contributed by atoms with Crippen molar-refractivity contribution >= 4 is 17.9 Å². The first-order chi connectivity index (χ1) is 32.0. The van der Waals surface area contributed by atoms with Crippen LogP contribution in [0.5, 0.6) is 0 Å². The Morgan fingerprint density at radius 3 is 1.15 bits per heavy atom. The summed E-state index contributed by atoms with van der Waals surface area (Å²) in [6.07, 6.45) is 71.8. The highest BCUT2D eigenvalue weighted by Crippen LogP contribution is 2.12. The van der Waals surface area contributed by atoms with Crippen LogP contribution in [0.25, 0.3) is 0 Å². The third-order valence-electron chi connectivity index (χ3n) is 10.5. The molecule has 0 amide bonds. The van der Waals surface area contributed by atoms with E-state index in [0.29, 0.717) is 12.8 Å². The standard InChI is InChI=1S/C59H94O6/c1-4-7-10-13-16-19-22-25-27-28-29-30-32-34-37-40-43-46-49-52-58(61)64-55-56(54-63-57(60)51-48-45-42-39-36-33-24-21-18-15-12-9-6-3)65-59(62)53-50-47-44-41-38-35-31-26-23-20-17-14-11-8-5-2/h7-8,10-11,14,16-17,19-20,23,25-27,29-31,33-34,36-37,56H,4-6,9,12-13,15,18,21-22,24,28,32,35,38-55H2,1-3H3/b10-7-,11-8-,17-14-,19-16-,23-20-,27-25-,30-29-,31-26-,36-33-,37-34-. The van der Waals surface area contributed by atoms with Gasteiger partial charge in [0.15, 0.2) is 6.10 Å². The van der Waals surface area contributed by atoms with E-state index >= 15 is 0 Å². The molecule has 0 fully saturated rings. The van der Waals surface area contributed by atoms with Gasteiger partial charge in [0.2, 0.25) is 0 Å². The summed E-state index contributed by atoms with van der Waals surface area (Å²) >= 11 is 0. The second kappa shape index (κ2) is 52.4. The first-order valence-corrected chi connectivity index (χ1v) is 26.1. The lowest BCUT2D eigenvalue weighted by Gasteiger charge is -2.18. The third kappa shape index (κ3) is 50.7. The van der Waals surface area contributed by atoms with Gasteiger partial charge < -0.3 is 14.2 Å². The van der Waals surface area contributed by atoms with Gasteiger partial charge in [0.05, 0.1) is 0 Å². The molecule has 0 aliphatic heterocycles. The van der Waals surface area contributed by atoms with E-state index in [2.05, 4.69) is 118 Å². The van der Waals surface area contributed by atoms with Crippen molar-refractivity contribution in [2.75, 3.05) is 13.2 Å². The third-order valence-corrected chi connectivity index (χ3v) is 10.5. The van der Waals surface area contributed by atoms with Gasteiger partial charge in [0, 0.05) is 19.3 Å². The van der Waals surface area contributed by atoms with Crippen molar-refractivity contribution in [2.45, 2.75) is 219 Å². The highest BCUT2D eigenvalue weighted by atomic mass is 16.6. The number of ether oxygens (including phenoxy) is 3. The minimum atomic E-state index is -0.813. The molecule has 6 heteroatoms. The van der Waals surface area contributed by atoms with Gasteiger partial charge in [0.25, 0.3) is 0 Å². The maximum absolute atomic E-state index is 12.8. The molecule has 0 bridgehead atoms. The zero-order chi connectivity index (χ0) is 47.2. The number of esters is 3. The van der Waals surface area contributed by atoms with Crippen molar-refractivity contribution in [1.29, 1.82) is 0 Å². The highest BCUT2D eigenvalue weighted by molar-refractivity contribution is 5.71. The maximum Gasteiger partial charge on any atom is 0.306 e. The fourth-order valence-electron chi connectivity index (χ4n) is 6.65. The minimum absolute atomic E-state index is 0.110. The van der Waals surface area contributed by atoms with Gasteiger partial charge in [0.1, 0.15) is 13.2 Å². The van der Waals surface area contributed by atoms with Crippen LogP contribution in [0.4, 0.5) is 0 Å². The molecule has 366 valence electrons. The lowest BCUT2D eigenvalue weighted by molar-refractivity contribution is -0.167. The summed E-state index contributed by atoms with van der Waals surface area (Å²) in [5.41, 5.74) is 0. The van der Waals surface area contributed by atoms with E-state index in [0.717, 1.165) is 135 Å². The predicted molar refractivity (Wildman–Crippen MR) is 279 cm³/mol. The van der Waals surface area contributed by atoms with Crippen molar-refractivity contribution in [3.8, 4) is 0 Å². The van der Waals surface area contributed by atoms with Crippen LogP contribution in [0.1, 0.15) is 213 Å². The SMILES string of the molecule is CC\C=C/C=C\C=C/C=C\CCCCCCCC(=O)OC(COC(=O)CCCCC/C=C\C/C=C\C/C=C\C/C=C\C/C=C\CC)COC(=O)CCCCC/C=C\CCCCCCCC. The topological polar surface area (TPSA) is 78.9 Å². The molecule has 0 saturated carbocycles. The van der Waals surface area contributed by atoms with Gasteiger partial charge in [-0.1, -0.05) is 206 Å². The van der Waals surface area contributed by atoms with Crippen LogP contribution in [-0.2, 0) is 28.6 Å². The summed E-state index contributed by atoms with van der Waals surface area (Å²) in [5, 5.41) is 0. The van der Waals surface area contributed by atoms with E-state index in [-0.39, 0.29) is 37.5 Å². The average molecular weight is 899 g/mol. The molecular weight excluding hydrogens is 805 g/mol. The van der Waals surface area contributed by atoms with Crippen LogP contribution < -0.4 is 0 Å². The zero-order valence-corrected chi connectivity index (χ0v) is 41.7. The Labute approximate surface area is 399 Å². The molecule has 0 aliphatic carbocycles. The number of allylic oxidation sites excluding steroid dienone is 20. The molecule has 0 radical (unpaired) electrons. The van der Waals surface area contributed by atoms with Gasteiger partial charge in [-0.25, -0.2) is 0 Å². The second-order valence-corrected chi connectivity index (χ2v) is 16.8. The molecule has 0 rings (SSSR count). The van der Waals surface area contributed by atoms with Crippen LogP contribution in [-0.4, -0.2) is 37.2 Å². The lowest BCUT2D eigenvalue weighted by atomic mass is 10.1. The first kappa shape index (κ1) is 60.8. The van der Waals surface area contributed by atoms with Crippen molar-refractivity contribution in [3.63, 3.8) is 0 Å². The van der Waals surface area contributed by atoms with Gasteiger partial charge in [-0.05, 0) is 109 Å². The van der Waals surface area contributed by atoms with E-state index in [9.17, 15) is 14.4 Å². The van der Waals surface area contributed by atoms with Crippen molar-refractivity contribution in [1.82, 2.24) is 0 Å². The van der Waals surface area contributed by atoms with Crippen LogP contribution in [0, 0.1) is 0 Å². The Morgan fingerprint density at radius 2 is 0.677 bits per heavy atom. The summed E-state index contributed by atoms with van der Waals surface area (Å²) in [6.45, 7) is 6.30. The summed E-state index contributed by atoms with van der Waals surface area (Å²) < 4.78 is 16.7. The largest absolute Gasteiger partial charge is 0.462 e. The number of hydrogen-bond donors (Lipinski definition) is 0. The highest BCUT2D eigenvalue weighted by Gasteiger charge is 2.19. The summed E-state index contributed by atoms with van der Waals surface area (Å²) in [5.74, 6) is -0.988. The maximum atomic E-state index is 12.8. The van der Waals surface area contributed by atoms with Gasteiger partial charge in [-0.15, -0.1) is 0 Å². The Kier molecular flexibility index (Phi) is 49.1. The molecule has 0 aromatic rings. The zero-order valence-electron chi connectivity index (χ0n) is 41.7. The molecule has 1 unspecified atom stereocenters. The monoisotopic (exact) mass is 899 g/mol. The fraction of sp³-hybridized carbons (Fsp3) is 0.610. The van der Waals surface area contributed by atoms with Gasteiger partial charge in [-0.2, -0.15) is 0 Å². The van der Waals surface area contributed by atoms with E-state index in [1.807, 2.05) is 24.3 Å². The Balaban J connectivity index is 4.52. The Bertz CT molecular complexity index is 1400. The van der Waals surface area contributed by atoms with Gasteiger partial charge in [-0.3, -0.25) is 14.4 Å². The molecule has 0 N–H and O–H groups in total. The molecule has 0 aliphatic rings. The minimum Gasteiger partial charge on any atom is -0.462 e. The molecule has 0 spiro atoms. The number of hydrogen-bond acceptors (Lipinski definition) is 6. The van der Waals surface area contributed by atoms with Crippen LogP contribution >= 0.6 is 0 Å². The van der Waals surface area contributed by atoms with Crippen LogP contribution in [0.2, 0.25) is 0 Å². The number of rotatable bonds is 45. The Hall–Kier alpha value is -4.19. The molecule has 1 atom stereocenters. The number of unbranched alkanes of at least 4 members (excludes halogenated alkanes) is 17.